The fourth-order valence-corrected chi connectivity index (χ4v) is 3.39. The van der Waals surface area contributed by atoms with E-state index in [1.807, 2.05) is 19.5 Å². The van der Waals surface area contributed by atoms with Crippen molar-refractivity contribution in [3.8, 4) is 0 Å². The van der Waals surface area contributed by atoms with Gasteiger partial charge in [0.25, 0.3) is 6.47 Å². The van der Waals surface area contributed by atoms with E-state index in [9.17, 15) is 4.79 Å². The molecule has 2 rings (SSSR count). The molecule has 1 aromatic heterocycles. The van der Waals surface area contributed by atoms with Gasteiger partial charge >= 0.3 is 6.03 Å². The third-order valence-corrected chi connectivity index (χ3v) is 5.17. The van der Waals surface area contributed by atoms with E-state index < -0.39 is 0 Å². The lowest BCUT2D eigenvalue weighted by molar-refractivity contribution is -0.122. The summed E-state index contributed by atoms with van der Waals surface area (Å²) in [5.74, 6) is 0. The van der Waals surface area contributed by atoms with Gasteiger partial charge in [0.1, 0.15) is 0 Å². The second kappa shape index (κ2) is 11.0. The van der Waals surface area contributed by atoms with E-state index in [1.165, 1.54) is 17.7 Å². The maximum atomic E-state index is 12.1. The van der Waals surface area contributed by atoms with E-state index in [2.05, 4.69) is 22.1 Å². The Hall–Kier alpha value is -1.67. The number of likely N-dealkylation sites (tertiary alicyclic amines) is 1. The van der Waals surface area contributed by atoms with Crippen molar-refractivity contribution in [2.75, 3.05) is 33.2 Å². The molecule has 1 fully saturated rings. The Bertz CT molecular complexity index is 503. The number of aryl methyl sites for hydroxylation is 1. The molecular weight excluding hydrogens is 328 g/mol. The molecule has 1 aliphatic heterocycles. The molecule has 8 heteroatoms. The molecule has 0 aliphatic carbocycles. The number of aromatic nitrogens is 1. The van der Waals surface area contributed by atoms with Crippen molar-refractivity contribution >= 4 is 23.8 Å². The molecule has 1 atom stereocenters. The fourth-order valence-electron chi connectivity index (χ4n) is 2.62. The SMILES string of the molecule is Cc1ncsc1CCN(C)C(=O)NCC(C)N1CCCC1.O=CO. The normalized spacial score (nSPS) is 15.3. The van der Waals surface area contributed by atoms with Crippen LogP contribution in [0.3, 0.4) is 0 Å². The van der Waals surface area contributed by atoms with Crippen molar-refractivity contribution in [3.05, 3.63) is 16.1 Å². The summed E-state index contributed by atoms with van der Waals surface area (Å²) in [6.07, 6.45) is 3.45. The predicted octanol–water partition coefficient (Wildman–Crippen LogP) is 1.82. The number of amides is 2. The number of carbonyl (C=O) groups excluding carboxylic acids is 1. The summed E-state index contributed by atoms with van der Waals surface area (Å²) in [7, 11) is 1.85. The topological polar surface area (TPSA) is 85.8 Å². The number of thiazole rings is 1. The number of carbonyl (C=O) groups is 2. The van der Waals surface area contributed by atoms with Crippen LogP contribution in [-0.2, 0) is 11.2 Å². The molecule has 136 valence electrons. The Morgan fingerprint density at radius 3 is 2.71 bits per heavy atom. The Morgan fingerprint density at radius 1 is 1.54 bits per heavy atom. The van der Waals surface area contributed by atoms with Crippen LogP contribution in [0.1, 0.15) is 30.3 Å². The monoisotopic (exact) mass is 356 g/mol. The summed E-state index contributed by atoms with van der Waals surface area (Å²) < 4.78 is 0. The van der Waals surface area contributed by atoms with Gasteiger partial charge in [-0.25, -0.2) is 9.78 Å². The maximum absolute atomic E-state index is 12.1. The van der Waals surface area contributed by atoms with Gasteiger partial charge in [-0.2, -0.15) is 0 Å². The molecule has 1 aromatic rings. The molecule has 2 N–H and O–H groups in total. The first kappa shape index (κ1) is 20.4. The Labute approximate surface area is 147 Å². The smallest absolute Gasteiger partial charge is 0.317 e. The fraction of sp³-hybridized carbons (Fsp3) is 0.688. The van der Waals surface area contributed by atoms with Gasteiger partial charge in [-0.05, 0) is 39.8 Å². The van der Waals surface area contributed by atoms with E-state index in [4.69, 9.17) is 9.90 Å². The van der Waals surface area contributed by atoms with Crippen LogP contribution in [-0.4, -0.2) is 71.7 Å². The lowest BCUT2D eigenvalue weighted by Gasteiger charge is -2.25. The standard InChI is InChI=1S/C15H26N4OS.CH2O2/c1-12(19-7-4-5-8-19)10-16-15(20)18(3)9-6-14-13(2)17-11-21-14;2-1-3/h11-12H,4-10H2,1-3H3,(H,16,20);1H,(H,2,3). The summed E-state index contributed by atoms with van der Waals surface area (Å²) >= 11 is 1.66. The van der Waals surface area contributed by atoms with E-state index in [1.54, 1.807) is 16.2 Å². The third kappa shape index (κ3) is 6.84. The summed E-state index contributed by atoms with van der Waals surface area (Å²) in [6.45, 7) is 7.74. The van der Waals surface area contributed by atoms with Crippen molar-refractivity contribution in [2.24, 2.45) is 0 Å². The van der Waals surface area contributed by atoms with Gasteiger partial charge in [-0.15, -0.1) is 11.3 Å². The van der Waals surface area contributed by atoms with Crippen LogP contribution in [0, 0.1) is 6.92 Å². The molecule has 1 saturated heterocycles. The molecule has 2 heterocycles. The number of likely N-dealkylation sites (N-methyl/N-ethyl adjacent to an activating group) is 1. The molecule has 1 unspecified atom stereocenters. The Morgan fingerprint density at radius 2 is 2.17 bits per heavy atom. The summed E-state index contributed by atoms with van der Waals surface area (Å²) in [4.78, 5) is 30.2. The van der Waals surface area contributed by atoms with Crippen LogP contribution in [0.5, 0.6) is 0 Å². The zero-order chi connectivity index (χ0) is 17.9. The first-order chi connectivity index (χ1) is 11.5. The summed E-state index contributed by atoms with van der Waals surface area (Å²) in [6, 6.07) is 0.441. The van der Waals surface area contributed by atoms with Crippen LogP contribution in [0.25, 0.3) is 0 Å². The van der Waals surface area contributed by atoms with Crippen LogP contribution in [0.15, 0.2) is 5.51 Å². The molecule has 0 saturated carbocycles. The molecule has 0 spiro atoms. The number of rotatable bonds is 6. The van der Waals surface area contributed by atoms with Crippen LogP contribution in [0.4, 0.5) is 4.79 Å². The first-order valence-corrected chi connectivity index (χ1v) is 9.07. The van der Waals surface area contributed by atoms with Crippen molar-refractivity contribution < 1.29 is 14.7 Å². The average molecular weight is 356 g/mol. The minimum atomic E-state index is -0.250. The highest BCUT2D eigenvalue weighted by molar-refractivity contribution is 7.09. The minimum Gasteiger partial charge on any atom is -0.483 e. The Balaban J connectivity index is 0.000000891. The largest absolute Gasteiger partial charge is 0.483 e. The van der Waals surface area contributed by atoms with Crippen molar-refractivity contribution in [1.29, 1.82) is 0 Å². The number of hydrogen-bond donors (Lipinski definition) is 2. The van der Waals surface area contributed by atoms with Gasteiger partial charge in [0.05, 0.1) is 11.2 Å². The second-order valence-electron chi connectivity index (χ2n) is 5.92. The molecular formula is C16H28N4O3S. The Kier molecular flexibility index (Phi) is 9.33. The van der Waals surface area contributed by atoms with E-state index >= 15 is 0 Å². The highest BCUT2D eigenvalue weighted by Crippen LogP contribution is 2.13. The van der Waals surface area contributed by atoms with Gasteiger partial charge in [0.15, 0.2) is 0 Å². The lowest BCUT2D eigenvalue weighted by atomic mass is 10.3. The maximum Gasteiger partial charge on any atom is 0.317 e. The molecule has 0 radical (unpaired) electrons. The van der Waals surface area contributed by atoms with Gasteiger partial charge < -0.3 is 15.3 Å². The molecule has 2 amide bonds. The summed E-state index contributed by atoms with van der Waals surface area (Å²) in [5, 5.41) is 9.93. The van der Waals surface area contributed by atoms with Gasteiger partial charge in [-0.3, -0.25) is 9.69 Å². The molecule has 7 nitrogen and oxygen atoms in total. The van der Waals surface area contributed by atoms with Gasteiger partial charge in [0, 0.05) is 37.5 Å². The molecule has 0 bridgehead atoms. The molecule has 24 heavy (non-hydrogen) atoms. The molecule has 0 aromatic carbocycles. The highest BCUT2D eigenvalue weighted by atomic mass is 32.1. The quantitative estimate of drug-likeness (QED) is 0.760. The van der Waals surface area contributed by atoms with Crippen molar-refractivity contribution in [1.82, 2.24) is 20.1 Å². The minimum absolute atomic E-state index is 0.0169. The second-order valence-corrected chi connectivity index (χ2v) is 6.86. The number of hydrogen-bond acceptors (Lipinski definition) is 5. The highest BCUT2D eigenvalue weighted by Gasteiger charge is 2.19. The average Bonchev–Trinajstić information content (AvgIpc) is 3.22. The zero-order valence-corrected chi connectivity index (χ0v) is 15.5. The predicted molar refractivity (Wildman–Crippen MR) is 95.5 cm³/mol. The van der Waals surface area contributed by atoms with Gasteiger partial charge in [-0.1, -0.05) is 0 Å². The number of carboxylic acid groups (broad SMARTS) is 1. The van der Waals surface area contributed by atoms with Crippen LogP contribution in [0.2, 0.25) is 0 Å². The first-order valence-electron chi connectivity index (χ1n) is 8.19. The third-order valence-electron chi connectivity index (χ3n) is 4.18. The molecule has 1 aliphatic rings. The number of urea groups is 1. The van der Waals surface area contributed by atoms with Crippen molar-refractivity contribution in [3.63, 3.8) is 0 Å². The van der Waals surface area contributed by atoms with Gasteiger partial charge in [0.2, 0.25) is 0 Å². The summed E-state index contributed by atoms with van der Waals surface area (Å²) in [5.41, 5.74) is 2.94. The van der Waals surface area contributed by atoms with Crippen molar-refractivity contribution in [2.45, 2.75) is 39.2 Å². The van der Waals surface area contributed by atoms with E-state index in [0.29, 0.717) is 6.04 Å². The number of nitrogens with zero attached hydrogens (tertiary/aromatic N) is 3. The van der Waals surface area contributed by atoms with Crippen LogP contribution >= 0.6 is 11.3 Å². The number of nitrogens with one attached hydrogen (secondary N) is 1. The zero-order valence-electron chi connectivity index (χ0n) is 14.7. The van der Waals surface area contributed by atoms with E-state index in [-0.39, 0.29) is 12.5 Å². The lowest BCUT2D eigenvalue weighted by Crippen LogP contribution is -2.45. The van der Waals surface area contributed by atoms with Crippen LogP contribution < -0.4 is 5.32 Å². The van der Waals surface area contributed by atoms with E-state index in [0.717, 1.165) is 38.3 Å².